The second kappa shape index (κ2) is 26.4. The minimum Gasteiger partial charge on any atom is -0.394 e. The maximum Gasteiger partial charge on any atom is 0.265 e. The number of nitrogens with zero attached hydrogens (tertiary/aromatic N) is 2. The van der Waals surface area contributed by atoms with Gasteiger partial charge >= 0.3 is 0 Å². The number of hydrogen-bond donors (Lipinski definition) is 12. The molecular formula is C34H42I6N6O15. The number of methoxy groups -OCH3 is 1. The number of aliphatic hydroxyl groups is 8. The van der Waals surface area contributed by atoms with Crippen molar-refractivity contribution in [2.45, 2.75) is 30.4 Å². The van der Waals surface area contributed by atoms with Crippen molar-refractivity contribution >= 4 is 182 Å². The van der Waals surface area contributed by atoms with E-state index in [-0.39, 0.29) is 68.1 Å². The third-order valence-electron chi connectivity index (χ3n) is 8.48. The summed E-state index contributed by atoms with van der Waals surface area (Å²) in [6.07, 6.45) is -4.62. The van der Waals surface area contributed by atoms with Crippen molar-refractivity contribution in [2.75, 3.05) is 83.7 Å². The highest BCUT2D eigenvalue weighted by Gasteiger charge is 2.39. The number of benzene rings is 2. The lowest BCUT2D eigenvalue weighted by atomic mass is 10.0. The van der Waals surface area contributed by atoms with E-state index in [9.17, 15) is 69.6 Å². The van der Waals surface area contributed by atoms with E-state index in [0.717, 1.165) is 16.9 Å². The Labute approximate surface area is 430 Å². The fourth-order valence-corrected chi connectivity index (χ4v) is 14.8. The average Bonchev–Trinajstić information content (AvgIpc) is 3.22. The SMILES string of the molecule is COC(C(=O)N(C)c1c(I)c(C(=O)NCC(O)CO)c(I)c(C(=O)NC(CO)CO)c1I)C(=O)N(C)c1c(I)c(C(=O)NCC(O)CO)c(I)c(C(=O)NC(CO)CO)c1I. The predicted octanol–water partition coefficient (Wildman–Crippen LogP) is -1.71. The van der Waals surface area contributed by atoms with Crippen LogP contribution in [0.1, 0.15) is 41.4 Å². The maximum atomic E-state index is 14.5. The fourth-order valence-electron chi connectivity index (χ4n) is 5.11. The molecule has 0 fully saturated rings. The molecule has 2 aromatic rings. The summed E-state index contributed by atoms with van der Waals surface area (Å²) >= 11 is 10.6. The number of carbonyl (C=O) groups is 6. The highest BCUT2D eigenvalue weighted by Crippen LogP contribution is 2.40. The lowest BCUT2D eigenvalue weighted by Crippen LogP contribution is -2.49. The molecule has 0 spiro atoms. The van der Waals surface area contributed by atoms with Gasteiger partial charge in [-0.15, -0.1) is 0 Å². The summed E-state index contributed by atoms with van der Waals surface area (Å²) in [6, 6.07) is -2.21. The van der Waals surface area contributed by atoms with Gasteiger partial charge in [0.15, 0.2) is 0 Å². The average molecular weight is 1540 g/mol. The molecule has 21 nitrogen and oxygen atoms in total. The van der Waals surface area contributed by atoms with Crippen LogP contribution in [0.4, 0.5) is 11.4 Å². The van der Waals surface area contributed by atoms with Gasteiger partial charge in [-0.25, -0.2) is 0 Å². The van der Waals surface area contributed by atoms with Crippen molar-refractivity contribution in [1.29, 1.82) is 0 Å². The Morgan fingerprint density at radius 1 is 0.508 bits per heavy atom. The highest BCUT2D eigenvalue weighted by atomic mass is 127. The largest absolute Gasteiger partial charge is 0.394 e. The number of aliphatic hydroxyl groups excluding tert-OH is 8. The summed E-state index contributed by atoms with van der Waals surface area (Å²) < 4.78 is 6.04. The summed E-state index contributed by atoms with van der Waals surface area (Å²) in [5, 5.41) is 86.8. The summed E-state index contributed by atoms with van der Waals surface area (Å²) in [5.74, 6) is -5.36. The van der Waals surface area contributed by atoms with Gasteiger partial charge in [0.2, 0.25) is 6.10 Å². The van der Waals surface area contributed by atoms with Crippen LogP contribution in [0.3, 0.4) is 0 Å². The van der Waals surface area contributed by atoms with Gasteiger partial charge in [0.05, 0.1) is 112 Å². The normalized spacial score (nSPS) is 12.8. The summed E-state index contributed by atoms with van der Waals surface area (Å²) in [5.41, 5.74) is -0.660. The zero-order chi connectivity index (χ0) is 46.6. The number of ether oxygens (including phenoxy) is 1. The first kappa shape index (κ1) is 56.4. The molecule has 0 heterocycles. The molecule has 340 valence electrons. The van der Waals surface area contributed by atoms with Crippen LogP contribution in [-0.2, 0) is 14.3 Å². The Kier molecular flexibility index (Phi) is 24.4. The van der Waals surface area contributed by atoms with E-state index in [1.165, 1.54) is 14.1 Å². The Balaban J connectivity index is 2.86. The first-order valence-corrected chi connectivity index (χ1v) is 23.8. The van der Waals surface area contributed by atoms with Gasteiger partial charge in [-0.05, 0) is 136 Å². The van der Waals surface area contributed by atoms with Crippen LogP contribution in [0, 0.1) is 21.4 Å². The quantitative estimate of drug-likeness (QED) is 0.0489. The first-order valence-electron chi connectivity index (χ1n) is 17.3. The van der Waals surface area contributed by atoms with Crippen LogP contribution in [0.25, 0.3) is 0 Å². The van der Waals surface area contributed by atoms with Crippen LogP contribution in [0.2, 0.25) is 0 Å². The van der Waals surface area contributed by atoms with E-state index in [0.29, 0.717) is 0 Å². The molecule has 2 rings (SSSR count). The second-order valence-corrected chi connectivity index (χ2v) is 19.1. The maximum absolute atomic E-state index is 14.5. The van der Waals surface area contributed by atoms with E-state index < -0.39 is 105 Å². The molecule has 0 aliphatic heterocycles. The molecule has 61 heavy (non-hydrogen) atoms. The van der Waals surface area contributed by atoms with Crippen molar-refractivity contribution in [3.8, 4) is 0 Å². The third-order valence-corrected chi connectivity index (χ3v) is 14.8. The minimum atomic E-state index is -1.96. The molecule has 0 bridgehead atoms. The number of hydrogen-bond acceptors (Lipinski definition) is 15. The van der Waals surface area contributed by atoms with Crippen molar-refractivity contribution < 1.29 is 74.4 Å². The van der Waals surface area contributed by atoms with Gasteiger partial charge in [0, 0.05) is 41.4 Å². The van der Waals surface area contributed by atoms with Gasteiger partial charge in [-0.2, -0.15) is 0 Å². The minimum absolute atomic E-state index is 0.0459. The Bertz CT molecular complexity index is 1840. The van der Waals surface area contributed by atoms with E-state index >= 15 is 0 Å². The molecule has 2 atom stereocenters. The Morgan fingerprint density at radius 2 is 0.787 bits per heavy atom. The summed E-state index contributed by atoms with van der Waals surface area (Å²) in [6.45, 7) is -4.69. The Hall–Kier alpha value is -0.720. The molecule has 2 aromatic carbocycles. The number of halogens is 6. The number of anilines is 2. The van der Waals surface area contributed by atoms with Crippen LogP contribution in [0.15, 0.2) is 0 Å². The predicted molar refractivity (Wildman–Crippen MR) is 269 cm³/mol. The van der Waals surface area contributed by atoms with E-state index in [1.54, 1.807) is 136 Å². The number of likely N-dealkylation sites (N-methyl/N-ethyl adjacent to an activating group) is 2. The molecule has 0 radical (unpaired) electrons. The topological polar surface area (TPSA) is 328 Å². The Morgan fingerprint density at radius 3 is 1.03 bits per heavy atom. The van der Waals surface area contributed by atoms with Gasteiger partial charge in [-0.3, -0.25) is 28.8 Å². The van der Waals surface area contributed by atoms with E-state index in [2.05, 4.69) is 21.3 Å². The molecule has 0 aromatic heterocycles. The zero-order valence-electron chi connectivity index (χ0n) is 32.1. The summed E-state index contributed by atoms with van der Waals surface area (Å²) in [4.78, 5) is 85.5. The smallest absolute Gasteiger partial charge is 0.265 e. The highest BCUT2D eigenvalue weighted by molar-refractivity contribution is 14.1. The lowest BCUT2D eigenvalue weighted by molar-refractivity contribution is -0.139. The van der Waals surface area contributed by atoms with Crippen LogP contribution >= 0.6 is 136 Å². The van der Waals surface area contributed by atoms with Gasteiger partial charge in [0.25, 0.3) is 35.4 Å². The van der Waals surface area contributed by atoms with Gasteiger partial charge < -0.3 is 76.7 Å². The van der Waals surface area contributed by atoms with Crippen LogP contribution < -0.4 is 31.1 Å². The van der Waals surface area contributed by atoms with Crippen molar-refractivity contribution in [3.63, 3.8) is 0 Å². The first-order chi connectivity index (χ1) is 28.6. The lowest BCUT2D eigenvalue weighted by Gasteiger charge is -2.30. The molecule has 0 aliphatic rings. The number of nitrogens with one attached hydrogen (secondary N) is 4. The van der Waals surface area contributed by atoms with Crippen molar-refractivity contribution in [1.82, 2.24) is 21.3 Å². The zero-order valence-corrected chi connectivity index (χ0v) is 45.1. The number of rotatable bonds is 21. The molecule has 27 heteroatoms. The van der Waals surface area contributed by atoms with E-state index in [1.807, 2.05) is 0 Å². The van der Waals surface area contributed by atoms with Crippen molar-refractivity contribution in [3.05, 3.63) is 43.7 Å². The molecule has 12 N–H and O–H groups in total. The molecule has 2 unspecified atom stereocenters. The standard InChI is InChI=1S/C34H42I6N6O15/c1-45(26-22(37)16(29(55)41-4-14(53)10-51)20(35)18(24(26)39)31(57)43-12(6-47)7-48)33(59)28(61-3)34(60)46(2)27-23(38)17(30(56)42-5-15(54)11-52)21(36)19(25(27)40)32(58)44-13(8-49)9-50/h12-15,28,47-54H,4-11H2,1-3H3,(H,41,55)(H,42,56)(H,43,57)(H,44,58). The van der Waals surface area contributed by atoms with Crippen LogP contribution in [-0.4, -0.2) is 181 Å². The van der Waals surface area contributed by atoms with Crippen molar-refractivity contribution in [2.24, 2.45) is 0 Å². The summed E-state index contributed by atoms with van der Waals surface area (Å²) in [7, 11) is 3.57. The van der Waals surface area contributed by atoms with Crippen LogP contribution in [0.5, 0.6) is 0 Å². The number of carbonyl (C=O) groups excluding carboxylic acids is 6. The molecule has 0 saturated carbocycles. The van der Waals surface area contributed by atoms with Gasteiger partial charge in [0.1, 0.15) is 0 Å². The van der Waals surface area contributed by atoms with Gasteiger partial charge in [-0.1, -0.05) is 0 Å². The molecule has 6 amide bonds. The molecule has 0 saturated heterocycles. The van der Waals surface area contributed by atoms with E-state index in [4.69, 9.17) is 4.74 Å². The third kappa shape index (κ3) is 13.7. The second-order valence-electron chi connectivity index (χ2n) is 12.7. The monoisotopic (exact) mass is 1540 g/mol. The molecule has 0 aliphatic carbocycles. The number of amides is 6. The fraction of sp³-hybridized carbons (Fsp3) is 0.471. The molecular weight excluding hydrogens is 1490 g/mol.